The van der Waals surface area contributed by atoms with Gasteiger partial charge in [-0.05, 0) is 55.9 Å². The van der Waals surface area contributed by atoms with Gasteiger partial charge in [0.25, 0.3) is 5.91 Å². The van der Waals surface area contributed by atoms with Gasteiger partial charge in [-0.15, -0.1) is 0 Å². The average molecular weight is 361 g/mol. The van der Waals surface area contributed by atoms with Gasteiger partial charge in [0.1, 0.15) is 0 Å². The lowest BCUT2D eigenvalue weighted by atomic mass is 9.99. The molecule has 1 atom stereocenters. The van der Waals surface area contributed by atoms with E-state index >= 15 is 0 Å². The lowest BCUT2D eigenvalue weighted by molar-refractivity contribution is 0.0755. The summed E-state index contributed by atoms with van der Waals surface area (Å²) in [6.45, 7) is 7.06. The number of piperidine rings is 1. The summed E-state index contributed by atoms with van der Waals surface area (Å²) in [4.78, 5) is 28.6. The summed E-state index contributed by atoms with van der Waals surface area (Å²) in [5.41, 5.74) is 1.32. The molecule has 2 rings (SSSR count). The van der Waals surface area contributed by atoms with E-state index in [1.54, 1.807) is 29.2 Å². The SMILES string of the molecule is CCCN(CCC)C(=O)c1ccc(NC(=O)N2CCCC(CO)C2)cc1. The molecule has 0 saturated carbocycles. The van der Waals surface area contributed by atoms with Crippen molar-refractivity contribution < 1.29 is 14.7 Å². The third-order valence-electron chi connectivity index (χ3n) is 4.72. The van der Waals surface area contributed by atoms with Crippen LogP contribution in [0.3, 0.4) is 0 Å². The number of urea groups is 1. The van der Waals surface area contributed by atoms with Crippen molar-refractivity contribution in [3.8, 4) is 0 Å². The molecule has 3 amide bonds. The molecule has 6 heteroatoms. The van der Waals surface area contributed by atoms with Crippen LogP contribution in [-0.2, 0) is 0 Å². The molecule has 6 nitrogen and oxygen atoms in total. The number of rotatable bonds is 7. The molecule has 1 aliphatic heterocycles. The first-order valence-corrected chi connectivity index (χ1v) is 9.65. The van der Waals surface area contributed by atoms with Crippen molar-refractivity contribution >= 4 is 17.6 Å². The number of carbonyl (C=O) groups is 2. The second-order valence-electron chi connectivity index (χ2n) is 6.94. The summed E-state index contributed by atoms with van der Waals surface area (Å²) in [6, 6.07) is 6.93. The molecule has 1 aromatic rings. The predicted octanol–water partition coefficient (Wildman–Crippen LogP) is 3.19. The van der Waals surface area contributed by atoms with Crippen LogP contribution in [-0.4, -0.2) is 59.6 Å². The molecule has 0 radical (unpaired) electrons. The van der Waals surface area contributed by atoms with E-state index in [1.807, 2.05) is 4.90 Å². The molecule has 26 heavy (non-hydrogen) atoms. The smallest absolute Gasteiger partial charge is 0.321 e. The summed E-state index contributed by atoms with van der Waals surface area (Å²) < 4.78 is 0. The largest absolute Gasteiger partial charge is 0.396 e. The lowest BCUT2D eigenvalue weighted by Crippen LogP contribution is -2.43. The maximum absolute atomic E-state index is 12.6. The van der Waals surface area contributed by atoms with Crippen molar-refractivity contribution in [2.45, 2.75) is 39.5 Å². The first-order chi connectivity index (χ1) is 12.6. The van der Waals surface area contributed by atoms with Gasteiger partial charge in [-0.25, -0.2) is 4.79 Å². The number of amides is 3. The Kier molecular flexibility index (Phi) is 7.91. The topological polar surface area (TPSA) is 72.9 Å². The van der Waals surface area contributed by atoms with E-state index in [0.717, 1.165) is 38.8 Å². The van der Waals surface area contributed by atoms with Crippen molar-refractivity contribution in [1.82, 2.24) is 9.80 Å². The van der Waals surface area contributed by atoms with Crippen molar-refractivity contribution in [2.75, 3.05) is 38.1 Å². The maximum atomic E-state index is 12.6. The summed E-state index contributed by atoms with van der Waals surface area (Å²) >= 11 is 0. The van der Waals surface area contributed by atoms with Crippen molar-refractivity contribution in [2.24, 2.45) is 5.92 Å². The highest BCUT2D eigenvalue weighted by molar-refractivity contribution is 5.95. The predicted molar refractivity (Wildman–Crippen MR) is 103 cm³/mol. The van der Waals surface area contributed by atoms with Gasteiger partial charge >= 0.3 is 6.03 Å². The van der Waals surface area contributed by atoms with Gasteiger partial charge in [-0.1, -0.05) is 13.8 Å². The zero-order valence-corrected chi connectivity index (χ0v) is 15.9. The van der Waals surface area contributed by atoms with E-state index in [2.05, 4.69) is 19.2 Å². The van der Waals surface area contributed by atoms with Crippen molar-refractivity contribution in [3.63, 3.8) is 0 Å². The number of aliphatic hydroxyl groups excluding tert-OH is 1. The summed E-state index contributed by atoms with van der Waals surface area (Å²) in [5.74, 6) is 0.200. The van der Waals surface area contributed by atoms with Gasteiger partial charge in [0.05, 0.1) is 0 Å². The van der Waals surface area contributed by atoms with Gasteiger partial charge in [-0.3, -0.25) is 4.79 Å². The fourth-order valence-electron chi connectivity index (χ4n) is 3.33. The molecule has 1 unspecified atom stereocenters. The summed E-state index contributed by atoms with van der Waals surface area (Å²) in [7, 11) is 0. The highest BCUT2D eigenvalue weighted by Crippen LogP contribution is 2.18. The van der Waals surface area contributed by atoms with Gasteiger partial charge in [0.2, 0.25) is 0 Å². The van der Waals surface area contributed by atoms with E-state index < -0.39 is 0 Å². The Bertz CT molecular complexity index is 582. The molecule has 1 aliphatic rings. The number of nitrogens with zero attached hydrogens (tertiary/aromatic N) is 2. The molecule has 1 fully saturated rings. The quantitative estimate of drug-likeness (QED) is 0.783. The molecule has 0 aromatic heterocycles. The van der Waals surface area contributed by atoms with Gasteiger partial charge in [0, 0.05) is 44.0 Å². The van der Waals surface area contributed by atoms with Crippen LogP contribution < -0.4 is 5.32 Å². The van der Waals surface area contributed by atoms with Crippen LogP contribution in [0.4, 0.5) is 10.5 Å². The van der Waals surface area contributed by atoms with Crippen LogP contribution in [0.2, 0.25) is 0 Å². The van der Waals surface area contributed by atoms with Crippen LogP contribution in [0.15, 0.2) is 24.3 Å². The minimum absolute atomic E-state index is 0.0356. The summed E-state index contributed by atoms with van der Waals surface area (Å²) in [5, 5.41) is 12.2. The molecular formula is C20H31N3O3. The molecular weight excluding hydrogens is 330 g/mol. The van der Waals surface area contributed by atoms with E-state index in [1.165, 1.54) is 0 Å². The Balaban J connectivity index is 1.96. The number of nitrogens with one attached hydrogen (secondary N) is 1. The zero-order chi connectivity index (χ0) is 18.9. The minimum Gasteiger partial charge on any atom is -0.396 e. The fourth-order valence-corrected chi connectivity index (χ4v) is 3.33. The molecule has 0 bridgehead atoms. The average Bonchev–Trinajstić information content (AvgIpc) is 2.68. The van der Waals surface area contributed by atoms with E-state index in [-0.39, 0.29) is 24.5 Å². The monoisotopic (exact) mass is 361 g/mol. The Morgan fingerprint density at radius 3 is 2.42 bits per heavy atom. The number of hydrogen-bond acceptors (Lipinski definition) is 3. The number of anilines is 1. The molecule has 1 saturated heterocycles. The fraction of sp³-hybridized carbons (Fsp3) is 0.600. The number of likely N-dealkylation sites (tertiary alicyclic amines) is 1. The van der Waals surface area contributed by atoms with E-state index in [4.69, 9.17) is 0 Å². The Morgan fingerprint density at radius 2 is 1.85 bits per heavy atom. The van der Waals surface area contributed by atoms with Crippen LogP contribution in [0, 0.1) is 5.92 Å². The van der Waals surface area contributed by atoms with Crippen LogP contribution in [0.25, 0.3) is 0 Å². The van der Waals surface area contributed by atoms with Crippen molar-refractivity contribution in [3.05, 3.63) is 29.8 Å². The lowest BCUT2D eigenvalue weighted by Gasteiger charge is -2.31. The Labute approximate surface area is 156 Å². The standard InChI is InChI=1S/C20H31N3O3/c1-3-11-22(12-4-2)19(25)17-7-9-18(10-8-17)21-20(26)23-13-5-6-16(14-23)15-24/h7-10,16,24H,3-6,11-15H2,1-2H3,(H,21,26). The highest BCUT2D eigenvalue weighted by atomic mass is 16.3. The normalized spacial score (nSPS) is 17.0. The highest BCUT2D eigenvalue weighted by Gasteiger charge is 2.23. The molecule has 1 heterocycles. The first kappa shape index (κ1) is 20.2. The van der Waals surface area contributed by atoms with Crippen LogP contribution in [0.5, 0.6) is 0 Å². The van der Waals surface area contributed by atoms with E-state index in [0.29, 0.717) is 24.3 Å². The third kappa shape index (κ3) is 5.46. The van der Waals surface area contributed by atoms with E-state index in [9.17, 15) is 14.7 Å². The van der Waals surface area contributed by atoms with Gasteiger partial charge in [0.15, 0.2) is 0 Å². The van der Waals surface area contributed by atoms with Crippen molar-refractivity contribution in [1.29, 1.82) is 0 Å². The molecule has 144 valence electrons. The Morgan fingerprint density at radius 1 is 1.19 bits per heavy atom. The molecule has 0 aliphatic carbocycles. The third-order valence-corrected chi connectivity index (χ3v) is 4.72. The van der Waals surface area contributed by atoms with Gasteiger partial charge in [-0.2, -0.15) is 0 Å². The first-order valence-electron chi connectivity index (χ1n) is 9.65. The van der Waals surface area contributed by atoms with Gasteiger partial charge < -0.3 is 20.2 Å². The number of carbonyl (C=O) groups excluding carboxylic acids is 2. The number of hydrogen-bond donors (Lipinski definition) is 2. The number of benzene rings is 1. The molecule has 2 N–H and O–H groups in total. The maximum Gasteiger partial charge on any atom is 0.321 e. The molecule has 1 aromatic carbocycles. The Hall–Kier alpha value is -2.08. The molecule has 0 spiro atoms. The van der Waals surface area contributed by atoms with Crippen LogP contribution in [0.1, 0.15) is 49.9 Å². The second kappa shape index (κ2) is 10.2. The minimum atomic E-state index is -0.152. The summed E-state index contributed by atoms with van der Waals surface area (Å²) in [6.07, 6.45) is 3.75. The number of aliphatic hydroxyl groups is 1. The second-order valence-corrected chi connectivity index (χ2v) is 6.94. The zero-order valence-electron chi connectivity index (χ0n) is 15.9. The van der Waals surface area contributed by atoms with Crippen LogP contribution >= 0.6 is 0 Å².